The lowest BCUT2D eigenvalue weighted by atomic mass is 10.2. The maximum absolute atomic E-state index is 12.9. The smallest absolute Gasteiger partial charge is 0.343 e. The number of rotatable bonds is 5. The molecular formula is C21H15FN2O4. The Balaban J connectivity index is 1.55. The van der Waals surface area contributed by atoms with Gasteiger partial charge in [0.15, 0.2) is 0 Å². The highest BCUT2D eigenvalue weighted by Gasteiger charge is 2.08. The van der Waals surface area contributed by atoms with Crippen molar-refractivity contribution in [3.8, 4) is 11.5 Å². The predicted molar refractivity (Wildman–Crippen MR) is 101 cm³/mol. The number of carbonyl (C=O) groups is 2. The fourth-order valence-corrected chi connectivity index (χ4v) is 2.22. The first-order valence-electron chi connectivity index (χ1n) is 8.21. The fourth-order valence-electron chi connectivity index (χ4n) is 2.22. The van der Waals surface area contributed by atoms with Crippen LogP contribution in [0, 0.1) is 5.82 Å². The fraction of sp³-hybridized carbons (Fsp3) is 0. The zero-order chi connectivity index (χ0) is 19.9. The van der Waals surface area contributed by atoms with E-state index < -0.39 is 17.7 Å². The summed E-state index contributed by atoms with van der Waals surface area (Å²) in [5.41, 5.74) is 3.65. The lowest BCUT2D eigenvalue weighted by Gasteiger charge is -2.04. The highest BCUT2D eigenvalue weighted by molar-refractivity contribution is 5.95. The molecule has 0 fully saturated rings. The molecule has 0 spiro atoms. The van der Waals surface area contributed by atoms with Crippen molar-refractivity contribution in [3.05, 3.63) is 95.3 Å². The second kappa shape index (κ2) is 8.59. The molecule has 0 bridgehead atoms. The number of esters is 1. The van der Waals surface area contributed by atoms with Crippen molar-refractivity contribution in [2.45, 2.75) is 0 Å². The van der Waals surface area contributed by atoms with Crippen LogP contribution in [0.5, 0.6) is 11.5 Å². The van der Waals surface area contributed by atoms with Crippen LogP contribution < -0.4 is 10.2 Å². The van der Waals surface area contributed by atoms with Crippen LogP contribution in [0.4, 0.5) is 4.39 Å². The summed E-state index contributed by atoms with van der Waals surface area (Å²) in [5, 5.41) is 13.1. The van der Waals surface area contributed by atoms with E-state index in [1.54, 1.807) is 24.3 Å². The summed E-state index contributed by atoms with van der Waals surface area (Å²) in [7, 11) is 0. The molecule has 0 saturated heterocycles. The molecule has 0 aliphatic heterocycles. The molecule has 0 aliphatic carbocycles. The number of phenols is 1. The van der Waals surface area contributed by atoms with Crippen LogP contribution in [0.25, 0.3) is 0 Å². The van der Waals surface area contributed by atoms with Crippen LogP contribution in [0.2, 0.25) is 0 Å². The number of hydrogen-bond donors (Lipinski definition) is 2. The molecule has 3 rings (SSSR count). The molecule has 7 heteroatoms. The average molecular weight is 378 g/mol. The highest BCUT2D eigenvalue weighted by atomic mass is 19.1. The zero-order valence-corrected chi connectivity index (χ0v) is 14.5. The van der Waals surface area contributed by atoms with Gasteiger partial charge in [-0.05, 0) is 78.4 Å². The molecule has 140 valence electrons. The first-order valence-corrected chi connectivity index (χ1v) is 8.21. The van der Waals surface area contributed by atoms with E-state index >= 15 is 0 Å². The zero-order valence-electron chi connectivity index (χ0n) is 14.5. The van der Waals surface area contributed by atoms with Crippen molar-refractivity contribution in [1.29, 1.82) is 0 Å². The molecule has 0 aromatic heterocycles. The summed E-state index contributed by atoms with van der Waals surface area (Å²) in [6.45, 7) is 0. The Labute approximate surface area is 159 Å². The van der Waals surface area contributed by atoms with E-state index in [2.05, 4.69) is 10.5 Å². The molecule has 2 N–H and O–H groups in total. The van der Waals surface area contributed by atoms with Crippen molar-refractivity contribution in [2.24, 2.45) is 5.10 Å². The Hall–Kier alpha value is -4.00. The highest BCUT2D eigenvalue weighted by Crippen LogP contribution is 2.14. The van der Waals surface area contributed by atoms with Gasteiger partial charge in [-0.3, -0.25) is 4.79 Å². The summed E-state index contributed by atoms with van der Waals surface area (Å²) in [4.78, 5) is 23.9. The van der Waals surface area contributed by atoms with E-state index in [1.165, 1.54) is 54.7 Å². The molecule has 1 amide bonds. The summed E-state index contributed by atoms with van der Waals surface area (Å²) in [6.07, 6.45) is 1.43. The Morgan fingerprint density at radius 3 is 2.14 bits per heavy atom. The third-order valence-electron chi connectivity index (χ3n) is 3.68. The molecule has 0 aliphatic rings. The number of hydrogen-bond acceptors (Lipinski definition) is 5. The van der Waals surface area contributed by atoms with Crippen molar-refractivity contribution in [1.82, 2.24) is 5.43 Å². The molecule has 3 aromatic carbocycles. The SMILES string of the molecule is O=C(N/N=C\c1ccc(OC(=O)c2ccc(F)cc2)cc1)c1ccc(O)cc1. The lowest BCUT2D eigenvalue weighted by molar-refractivity contribution is 0.0734. The van der Waals surface area contributed by atoms with E-state index in [1.807, 2.05) is 0 Å². The average Bonchev–Trinajstić information content (AvgIpc) is 2.70. The third kappa shape index (κ3) is 5.01. The standard InChI is InChI=1S/C21H15FN2O4/c22-17-7-3-16(4-8-17)21(27)28-19-11-1-14(2-12-19)13-23-24-20(26)15-5-9-18(25)10-6-15/h1-13,25H,(H,24,26)/b23-13-. The van der Waals surface area contributed by atoms with Crippen LogP contribution in [-0.4, -0.2) is 23.2 Å². The molecule has 28 heavy (non-hydrogen) atoms. The van der Waals surface area contributed by atoms with Gasteiger partial charge in [-0.15, -0.1) is 0 Å². The number of ether oxygens (including phenoxy) is 1. The monoisotopic (exact) mass is 378 g/mol. The van der Waals surface area contributed by atoms with Gasteiger partial charge in [-0.2, -0.15) is 5.10 Å². The van der Waals surface area contributed by atoms with Crippen molar-refractivity contribution < 1.29 is 23.8 Å². The van der Waals surface area contributed by atoms with Crippen molar-refractivity contribution in [3.63, 3.8) is 0 Å². The topological polar surface area (TPSA) is 88.0 Å². The molecular weight excluding hydrogens is 363 g/mol. The Kier molecular flexibility index (Phi) is 5.76. The maximum Gasteiger partial charge on any atom is 0.343 e. The van der Waals surface area contributed by atoms with Gasteiger partial charge in [0.25, 0.3) is 5.91 Å². The van der Waals surface area contributed by atoms with Crippen LogP contribution in [0.3, 0.4) is 0 Å². The largest absolute Gasteiger partial charge is 0.508 e. The van der Waals surface area contributed by atoms with Gasteiger partial charge in [0.2, 0.25) is 0 Å². The van der Waals surface area contributed by atoms with Crippen LogP contribution in [0.1, 0.15) is 26.3 Å². The number of hydrazone groups is 1. The molecule has 0 radical (unpaired) electrons. The number of phenolic OH excluding ortho intramolecular Hbond substituents is 1. The van der Waals surface area contributed by atoms with Gasteiger partial charge in [0, 0.05) is 5.56 Å². The van der Waals surface area contributed by atoms with Gasteiger partial charge in [-0.1, -0.05) is 0 Å². The Morgan fingerprint density at radius 1 is 0.893 bits per heavy atom. The number of aromatic hydroxyl groups is 1. The predicted octanol–water partition coefficient (Wildman–Crippen LogP) is 3.51. The minimum Gasteiger partial charge on any atom is -0.508 e. The Morgan fingerprint density at radius 2 is 1.50 bits per heavy atom. The number of halogens is 1. The van der Waals surface area contributed by atoms with E-state index in [9.17, 15) is 19.1 Å². The maximum atomic E-state index is 12.9. The first-order chi connectivity index (χ1) is 13.5. The number of nitrogens with zero attached hydrogens (tertiary/aromatic N) is 1. The van der Waals surface area contributed by atoms with Gasteiger partial charge in [-0.25, -0.2) is 14.6 Å². The molecule has 0 heterocycles. The van der Waals surface area contributed by atoms with Crippen LogP contribution in [0.15, 0.2) is 77.9 Å². The van der Waals surface area contributed by atoms with E-state index in [0.717, 1.165) is 0 Å². The summed E-state index contributed by atoms with van der Waals surface area (Å²) < 4.78 is 18.1. The third-order valence-corrected chi connectivity index (χ3v) is 3.68. The minimum atomic E-state index is -0.595. The second-order valence-electron chi connectivity index (χ2n) is 5.71. The van der Waals surface area contributed by atoms with E-state index in [0.29, 0.717) is 16.9 Å². The number of carbonyl (C=O) groups excluding carboxylic acids is 2. The Bertz CT molecular complexity index is 998. The van der Waals surface area contributed by atoms with Gasteiger partial charge >= 0.3 is 5.97 Å². The number of benzene rings is 3. The first kappa shape index (κ1) is 18.8. The molecule has 6 nitrogen and oxygen atoms in total. The normalized spacial score (nSPS) is 10.6. The number of nitrogens with one attached hydrogen (secondary N) is 1. The molecule has 0 unspecified atom stereocenters. The second-order valence-corrected chi connectivity index (χ2v) is 5.71. The van der Waals surface area contributed by atoms with E-state index in [4.69, 9.17) is 4.74 Å². The summed E-state index contributed by atoms with van der Waals surface area (Å²) >= 11 is 0. The quantitative estimate of drug-likeness (QED) is 0.308. The van der Waals surface area contributed by atoms with Gasteiger partial charge < -0.3 is 9.84 Å². The number of amides is 1. The molecule has 0 saturated carbocycles. The van der Waals surface area contributed by atoms with E-state index in [-0.39, 0.29) is 11.3 Å². The van der Waals surface area contributed by atoms with Crippen molar-refractivity contribution >= 4 is 18.1 Å². The van der Waals surface area contributed by atoms with Gasteiger partial charge in [0.05, 0.1) is 11.8 Å². The lowest BCUT2D eigenvalue weighted by Crippen LogP contribution is -2.17. The van der Waals surface area contributed by atoms with Crippen LogP contribution in [-0.2, 0) is 0 Å². The minimum absolute atomic E-state index is 0.0697. The van der Waals surface area contributed by atoms with Crippen LogP contribution >= 0.6 is 0 Å². The van der Waals surface area contributed by atoms with Crippen molar-refractivity contribution in [2.75, 3.05) is 0 Å². The van der Waals surface area contributed by atoms with Gasteiger partial charge in [0.1, 0.15) is 17.3 Å². The molecule has 3 aromatic rings. The molecule has 0 atom stereocenters. The summed E-state index contributed by atoms with van der Waals surface area (Å²) in [6, 6.07) is 17.3. The summed E-state index contributed by atoms with van der Waals surface area (Å²) in [5.74, 6) is -1.05.